The Balaban J connectivity index is 3.63. The highest BCUT2D eigenvalue weighted by Crippen LogP contribution is 2.22. The minimum absolute atomic E-state index is 0.212. The van der Waals surface area contributed by atoms with Crippen LogP contribution in [0, 0.1) is 23.7 Å². The van der Waals surface area contributed by atoms with Gasteiger partial charge in [0.15, 0.2) is 0 Å². The highest BCUT2D eigenvalue weighted by atomic mass is 16.1. The van der Waals surface area contributed by atoms with E-state index in [1.165, 1.54) is 57.8 Å². The molecule has 27 heavy (non-hydrogen) atoms. The van der Waals surface area contributed by atoms with Gasteiger partial charge in [-0.05, 0) is 37.8 Å². The van der Waals surface area contributed by atoms with Gasteiger partial charge in [0, 0.05) is 19.5 Å². The maximum absolute atomic E-state index is 11.9. The minimum Gasteiger partial charge on any atom is -0.355 e. The fraction of sp³-hybridized carbons (Fsp3) is 0.958. The number of likely N-dealkylation sites (N-methyl/N-ethyl adjacent to an activating group) is 1. The first-order valence-corrected chi connectivity index (χ1v) is 11.6. The Morgan fingerprint density at radius 3 is 1.63 bits per heavy atom. The van der Waals surface area contributed by atoms with Gasteiger partial charge >= 0.3 is 0 Å². The molecule has 0 radical (unpaired) electrons. The van der Waals surface area contributed by atoms with Crippen molar-refractivity contribution in [2.24, 2.45) is 23.7 Å². The molecule has 3 unspecified atom stereocenters. The van der Waals surface area contributed by atoms with Gasteiger partial charge in [-0.1, -0.05) is 92.4 Å². The van der Waals surface area contributed by atoms with Crippen molar-refractivity contribution in [2.75, 3.05) is 27.2 Å². The predicted octanol–water partition coefficient (Wildman–Crippen LogP) is 6.13. The fourth-order valence-corrected chi connectivity index (χ4v) is 3.70. The van der Waals surface area contributed by atoms with E-state index < -0.39 is 0 Å². The average molecular weight is 383 g/mol. The van der Waals surface area contributed by atoms with E-state index in [0.29, 0.717) is 12.3 Å². The largest absolute Gasteiger partial charge is 0.355 e. The van der Waals surface area contributed by atoms with Crippen molar-refractivity contribution in [2.45, 2.75) is 98.8 Å². The Kier molecular flexibility index (Phi) is 16.0. The quantitative estimate of drug-likeness (QED) is 0.328. The molecule has 0 saturated carbocycles. The molecule has 0 aliphatic heterocycles. The maximum atomic E-state index is 11.9. The van der Waals surface area contributed by atoms with Crippen LogP contribution < -0.4 is 5.32 Å². The van der Waals surface area contributed by atoms with E-state index in [4.69, 9.17) is 0 Å². The molecule has 0 heterocycles. The lowest BCUT2D eigenvalue weighted by atomic mass is 9.90. The summed E-state index contributed by atoms with van der Waals surface area (Å²) in [5.74, 6) is 3.28. The van der Waals surface area contributed by atoms with E-state index >= 15 is 0 Å². The molecule has 0 aromatic heterocycles. The molecule has 0 aromatic rings. The molecule has 0 aliphatic rings. The van der Waals surface area contributed by atoms with E-state index in [1.54, 1.807) is 0 Å². The predicted molar refractivity (Wildman–Crippen MR) is 120 cm³/mol. The zero-order valence-corrected chi connectivity index (χ0v) is 19.7. The highest BCUT2D eigenvalue weighted by molar-refractivity contribution is 5.76. The number of amides is 1. The van der Waals surface area contributed by atoms with Crippen LogP contribution in [0.4, 0.5) is 0 Å². The molecule has 1 amide bonds. The highest BCUT2D eigenvalue weighted by Gasteiger charge is 2.11. The summed E-state index contributed by atoms with van der Waals surface area (Å²) >= 11 is 0. The van der Waals surface area contributed by atoms with Gasteiger partial charge in [-0.25, -0.2) is 0 Å². The third-order valence-corrected chi connectivity index (χ3v) is 5.68. The molecule has 0 saturated heterocycles. The summed E-state index contributed by atoms with van der Waals surface area (Å²) in [4.78, 5) is 14.0. The van der Waals surface area contributed by atoms with Gasteiger partial charge in [-0.3, -0.25) is 4.79 Å². The van der Waals surface area contributed by atoms with Crippen molar-refractivity contribution >= 4 is 5.91 Å². The average Bonchev–Trinajstić information content (AvgIpc) is 2.53. The zero-order valence-electron chi connectivity index (χ0n) is 19.7. The SMILES string of the molecule is CC(C)CCCC(C)CCCC(C)CCCC(C)CC(=O)NCCN(C)C. The normalized spacial score (nSPS) is 15.1. The molecular weight excluding hydrogens is 332 g/mol. The lowest BCUT2D eigenvalue weighted by molar-refractivity contribution is -0.121. The van der Waals surface area contributed by atoms with Crippen LogP contribution >= 0.6 is 0 Å². The van der Waals surface area contributed by atoms with Crippen LogP contribution in [-0.4, -0.2) is 38.0 Å². The van der Waals surface area contributed by atoms with Crippen molar-refractivity contribution < 1.29 is 4.79 Å². The minimum atomic E-state index is 0.212. The molecule has 0 spiro atoms. The third kappa shape index (κ3) is 18.6. The van der Waals surface area contributed by atoms with Crippen LogP contribution in [0.2, 0.25) is 0 Å². The monoisotopic (exact) mass is 382 g/mol. The van der Waals surface area contributed by atoms with Gasteiger partial charge in [0.25, 0.3) is 0 Å². The topological polar surface area (TPSA) is 32.3 Å². The Labute approximate surface area is 171 Å². The van der Waals surface area contributed by atoms with Crippen LogP contribution in [0.3, 0.4) is 0 Å². The van der Waals surface area contributed by atoms with E-state index in [9.17, 15) is 4.79 Å². The number of hydrogen-bond donors (Lipinski definition) is 1. The van der Waals surface area contributed by atoms with Gasteiger partial charge in [-0.15, -0.1) is 0 Å². The molecule has 3 nitrogen and oxygen atoms in total. The summed E-state index contributed by atoms with van der Waals surface area (Å²) < 4.78 is 0. The van der Waals surface area contributed by atoms with E-state index in [1.807, 2.05) is 14.1 Å². The van der Waals surface area contributed by atoms with Gasteiger partial charge in [0.05, 0.1) is 0 Å². The van der Waals surface area contributed by atoms with Crippen molar-refractivity contribution in [1.82, 2.24) is 10.2 Å². The van der Waals surface area contributed by atoms with Gasteiger partial charge in [-0.2, -0.15) is 0 Å². The summed E-state index contributed by atoms with van der Waals surface area (Å²) in [5.41, 5.74) is 0. The summed E-state index contributed by atoms with van der Waals surface area (Å²) in [7, 11) is 4.06. The summed E-state index contributed by atoms with van der Waals surface area (Å²) in [5, 5.41) is 3.02. The lowest BCUT2D eigenvalue weighted by Gasteiger charge is -2.16. The molecule has 0 fully saturated rings. The molecule has 0 rings (SSSR count). The zero-order chi connectivity index (χ0) is 20.7. The van der Waals surface area contributed by atoms with Crippen LogP contribution in [0.15, 0.2) is 0 Å². The van der Waals surface area contributed by atoms with Crippen molar-refractivity contribution in [1.29, 1.82) is 0 Å². The van der Waals surface area contributed by atoms with Gasteiger partial charge < -0.3 is 10.2 Å². The summed E-state index contributed by atoms with van der Waals surface area (Å²) in [6.07, 6.45) is 12.8. The number of nitrogens with one attached hydrogen (secondary N) is 1. The van der Waals surface area contributed by atoms with Crippen molar-refractivity contribution in [3.63, 3.8) is 0 Å². The summed E-state index contributed by atoms with van der Waals surface area (Å²) in [6, 6.07) is 0. The first-order chi connectivity index (χ1) is 12.7. The van der Waals surface area contributed by atoms with E-state index in [2.05, 4.69) is 44.8 Å². The van der Waals surface area contributed by atoms with Crippen molar-refractivity contribution in [3.05, 3.63) is 0 Å². The number of carbonyl (C=O) groups excluding carboxylic acids is 1. The second kappa shape index (κ2) is 16.4. The van der Waals surface area contributed by atoms with Gasteiger partial charge in [0.2, 0.25) is 5.91 Å². The van der Waals surface area contributed by atoms with Crippen LogP contribution in [0.5, 0.6) is 0 Å². The Bertz CT molecular complexity index is 354. The number of carbonyl (C=O) groups is 1. The fourth-order valence-electron chi connectivity index (χ4n) is 3.70. The van der Waals surface area contributed by atoms with E-state index in [-0.39, 0.29) is 5.91 Å². The van der Waals surface area contributed by atoms with E-state index in [0.717, 1.165) is 30.8 Å². The second-order valence-corrected chi connectivity index (χ2v) is 9.86. The Morgan fingerprint density at radius 2 is 1.19 bits per heavy atom. The number of rotatable bonds is 17. The molecule has 3 atom stereocenters. The van der Waals surface area contributed by atoms with Crippen molar-refractivity contribution in [3.8, 4) is 0 Å². The molecule has 0 aromatic carbocycles. The van der Waals surface area contributed by atoms with Crippen LogP contribution in [0.1, 0.15) is 98.8 Å². The summed E-state index contributed by atoms with van der Waals surface area (Å²) in [6.45, 7) is 13.4. The third-order valence-electron chi connectivity index (χ3n) is 5.68. The molecule has 1 N–H and O–H groups in total. The Hall–Kier alpha value is -0.570. The number of hydrogen-bond acceptors (Lipinski definition) is 2. The standard InChI is InChI=1S/C24H50N2O/c1-20(2)11-8-12-21(3)13-9-14-22(4)15-10-16-23(5)19-24(27)25-17-18-26(6)7/h20-23H,8-19H2,1-7H3,(H,25,27). The Morgan fingerprint density at radius 1 is 0.741 bits per heavy atom. The lowest BCUT2D eigenvalue weighted by Crippen LogP contribution is -2.32. The van der Waals surface area contributed by atoms with Crippen LogP contribution in [-0.2, 0) is 4.79 Å². The molecular formula is C24H50N2O. The van der Waals surface area contributed by atoms with Crippen LogP contribution in [0.25, 0.3) is 0 Å². The molecule has 0 aliphatic carbocycles. The smallest absolute Gasteiger partial charge is 0.220 e. The molecule has 162 valence electrons. The second-order valence-electron chi connectivity index (χ2n) is 9.86. The van der Waals surface area contributed by atoms with Gasteiger partial charge in [0.1, 0.15) is 0 Å². The molecule has 0 bridgehead atoms. The maximum Gasteiger partial charge on any atom is 0.220 e. The molecule has 3 heteroatoms. The first kappa shape index (κ1) is 26.4. The number of nitrogens with zero attached hydrogens (tertiary/aromatic N) is 1. The first-order valence-electron chi connectivity index (χ1n) is 11.6.